The first-order valence-corrected chi connectivity index (χ1v) is 0.781. The van der Waals surface area contributed by atoms with Gasteiger partial charge in [0.25, 0.3) is 0 Å². The zero-order chi connectivity index (χ0) is 3.58. The molecule has 0 heterocycles. The summed E-state index contributed by atoms with van der Waals surface area (Å²) in [5.41, 5.74) is 8.50. The van der Waals surface area contributed by atoms with Gasteiger partial charge in [-0.25, -0.2) is 4.79 Å². The van der Waals surface area contributed by atoms with Gasteiger partial charge < -0.3 is 11.5 Å². The van der Waals surface area contributed by atoms with E-state index in [4.69, 9.17) is 4.79 Å². The van der Waals surface area contributed by atoms with E-state index in [1.807, 2.05) is 0 Å². The summed E-state index contributed by atoms with van der Waals surface area (Å²) in [6, 6.07) is -0.833. The molecule has 0 rings (SSSR count). The van der Waals surface area contributed by atoms with E-state index in [9.17, 15) is 0 Å². The number of carbonyl (C=O) groups excluding carboxylic acids is 1. The number of primary amides is 2. The average Bonchev–Trinajstić information content (AvgIpc) is 0.811. The first kappa shape index (κ1) is 15.7. The molecule has 0 saturated carbocycles. The third kappa shape index (κ3) is 68.7. The Kier molecular flexibility index (Phi) is 24.8. The van der Waals surface area contributed by atoms with Crippen molar-refractivity contribution >= 4 is 62.6 Å². The zero-order valence-corrected chi connectivity index (χ0v) is 5.98. The molecule has 0 aromatic heterocycles. The van der Waals surface area contributed by atoms with Gasteiger partial charge in [-0.15, -0.1) is 0 Å². The van der Waals surface area contributed by atoms with E-state index in [1.165, 1.54) is 0 Å². The number of nitrogens with two attached hydrogens (primary N) is 2. The molecule has 0 atom stereocenters. The summed E-state index contributed by atoms with van der Waals surface area (Å²) < 4.78 is 0. The van der Waals surface area contributed by atoms with E-state index in [2.05, 4.69) is 11.5 Å². The quantitative estimate of drug-likeness (QED) is 0.354. The largest absolute Gasteiger partial charge is 0.352 e. The van der Waals surface area contributed by atoms with E-state index in [1.54, 1.807) is 0 Å². The number of hydrogen-bond acceptors (Lipinski definition) is 1. The predicted molar refractivity (Wildman–Crippen MR) is 25.3 cm³/mol. The van der Waals surface area contributed by atoms with E-state index >= 15 is 0 Å². The van der Waals surface area contributed by atoms with Crippen molar-refractivity contribution in [3.05, 3.63) is 0 Å². The van der Waals surface area contributed by atoms with Crippen molar-refractivity contribution in [1.29, 1.82) is 0 Å². The van der Waals surface area contributed by atoms with Gasteiger partial charge in [-0.1, -0.05) is 0 Å². The van der Waals surface area contributed by atoms with Crippen LogP contribution in [0.25, 0.3) is 0 Å². The minimum absolute atomic E-state index is 0. The first-order valence-electron chi connectivity index (χ1n) is 0.781. The second kappa shape index (κ2) is 9.46. The topological polar surface area (TPSA) is 69.1 Å². The zero-order valence-electron chi connectivity index (χ0n) is 3.77. The third-order valence-electron chi connectivity index (χ3n) is 0. The van der Waals surface area contributed by atoms with Crippen LogP contribution in [0.2, 0.25) is 0 Å². The van der Waals surface area contributed by atoms with Gasteiger partial charge in [0.2, 0.25) is 0 Å². The maximum absolute atomic E-state index is 9.00. The standard InChI is InChI=1S/CH4N2O.Ca.Li/c2-1(3)4;;/h(H4,2,3,4);;. The van der Waals surface area contributed by atoms with Crippen LogP contribution < -0.4 is 11.5 Å². The smallest absolute Gasteiger partial charge is 0.309 e. The molecule has 4 N–H and O–H groups in total. The fourth-order valence-electron chi connectivity index (χ4n) is 0. The summed E-state index contributed by atoms with van der Waals surface area (Å²) in [6.45, 7) is 0. The van der Waals surface area contributed by atoms with Crippen LogP contribution in [0.15, 0.2) is 0 Å². The molecule has 0 aliphatic heterocycles. The minimum atomic E-state index is -0.833. The Balaban J connectivity index is -0.0000000450. The molecule has 3 nitrogen and oxygen atoms in total. The molecule has 3 radical (unpaired) electrons. The van der Waals surface area contributed by atoms with Crippen LogP contribution in [0, 0.1) is 0 Å². The van der Waals surface area contributed by atoms with E-state index in [0.29, 0.717) is 0 Å². The Morgan fingerprint density at radius 1 is 1.33 bits per heavy atom. The number of hydrogen-bond donors (Lipinski definition) is 2. The molecule has 0 saturated heterocycles. The number of carbonyl (C=O) groups is 1. The fourth-order valence-corrected chi connectivity index (χ4v) is 0. The van der Waals surface area contributed by atoms with Gasteiger partial charge in [0, 0.05) is 56.6 Å². The molecule has 0 bridgehead atoms. The van der Waals surface area contributed by atoms with Crippen LogP contribution in [0.4, 0.5) is 4.79 Å². The molecular formula is CH4CaLiN2O. The van der Waals surface area contributed by atoms with Gasteiger partial charge in [-0.05, 0) is 0 Å². The van der Waals surface area contributed by atoms with Crippen molar-refractivity contribution in [2.24, 2.45) is 11.5 Å². The molecule has 0 aliphatic carbocycles. The predicted octanol–water partition coefficient (Wildman–Crippen LogP) is -1.74. The number of amides is 2. The van der Waals surface area contributed by atoms with Gasteiger partial charge in [0.1, 0.15) is 0 Å². The molecule has 0 spiro atoms. The Bertz CT molecular complexity index is 36.5. The summed E-state index contributed by atoms with van der Waals surface area (Å²) in [4.78, 5) is 9.00. The van der Waals surface area contributed by atoms with Crippen LogP contribution >= 0.6 is 0 Å². The summed E-state index contributed by atoms with van der Waals surface area (Å²) >= 11 is 0. The third-order valence-corrected chi connectivity index (χ3v) is 0. The van der Waals surface area contributed by atoms with E-state index < -0.39 is 6.03 Å². The molecule has 0 aromatic rings. The van der Waals surface area contributed by atoms with Crippen molar-refractivity contribution in [3.8, 4) is 0 Å². The summed E-state index contributed by atoms with van der Waals surface area (Å²) in [5, 5.41) is 0. The van der Waals surface area contributed by atoms with E-state index in [-0.39, 0.29) is 56.6 Å². The van der Waals surface area contributed by atoms with Gasteiger partial charge in [0.15, 0.2) is 0 Å². The van der Waals surface area contributed by atoms with Crippen LogP contribution in [-0.4, -0.2) is 62.6 Å². The maximum Gasteiger partial charge on any atom is 0.309 e. The normalized spacial score (nSPS) is 4.00. The Morgan fingerprint density at radius 2 is 1.33 bits per heavy atom. The van der Waals surface area contributed by atoms with Crippen molar-refractivity contribution in [1.82, 2.24) is 0 Å². The molecule has 0 aromatic carbocycles. The van der Waals surface area contributed by atoms with Crippen molar-refractivity contribution in [3.63, 3.8) is 0 Å². The van der Waals surface area contributed by atoms with Gasteiger partial charge in [0.05, 0.1) is 0 Å². The summed E-state index contributed by atoms with van der Waals surface area (Å²) in [5.74, 6) is 0. The Labute approximate surface area is 78.0 Å². The summed E-state index contributed by atoms with van der Waals surface area (Å²) in [7, 11) is 0. The van der Waals surface area contributed by atoms with Crippen LogP contribution in [0.3, 0.4) is 0 Å². The molecule has 0 aliphatic rings. The van der Waals surface area contributed by atoms with Gasteiger partial charge in [-0.2, -0.15) is 0 Å². The molecule has 0 fully saturated rings. The Morgan fingerprint density at radius 3 is 1.33 bits per heavy atom. The summed E-state index contributed by atoms with van der Waals surface area (Å²) in [6.07, 6.45) is 0. The van der Waals surface area contributed by atoms with Gasteiger partial charge >= 0.3 is 6.03 Å². The number of rotatable bonds is 0. The number of urea groups is 1. The molecular weight excluding hydrogens is 103 g/mol. The molecule has 2 amide bonds. The van der Waals surface area contributed by atoms with Crippen LogP contribution in [-0.2, 0) is 0 Å². The van der Waals surface area contributed by atoms with Crippen LogP contribution in [0.1, 0.15) is 0 Å². The Hall–Kier alpha value is 1.13. The van der Waals surface area contributed by atoms with E-state index in [0.717, 1.165) is 0 Å². The van der Waals surface area contributed by atoms with Gasteiger partial charge in [-0.3, -0.25) is 0 Å². The minimum Gasteiger partial charge on any atom is -0.352 e. The molecule has 5 heteroatoms. The van der Waals surface area contributed by atoms with Crippen LogP contribution in [0.5, 0.6) is 0 Å². The molecule has 0 unspecified atom stereocenters. The first-order chi connectivity index (χ1) is 1.73. The monoisotopic (exact) mass is 107 g/mol. The average molecular weight is 107 g/mol. The SMILES string of the molecule is NC(N)=O.[Ca].[Li]. The van der Waals surface area contributed by atoms with Crippen molar-refractivity contribution in [2.45, 2.75) is 0 Å². The van der Waals surface area contributed by atoms with Crippen molar-refractivity contribution < 1.29 is 4.79 Å². The molecule has 27 valence electrons. The molecule has 6 heavy (non-hydrogen) atoms. The van der Waals surface area contributed by atoms with Crippen molar-refractivity contribution in [2.75, 3.05) is 0 Å². The maximum atomic E-state index is 9.00. The second-order valence-electron chi connectivity index (χ2n) is 0.402. The second-order valence-corrected chi connectivity index (χ2v) is 0.402. The fraction of sp³-hybridized carbons (Fsp3) is 0.